The van der Waals surface area contributed by atoms with Crippen LogP contribution >= 0.6 is 24.0 Å². The molecule has 6 nitrogen and oxygen atoms in total. The molecule has 146 valence electrons. The first-order chi connectivity index (χ1) is 12.4. The number of nitrogens with zero attached hydrogens (tertiary/aromatic N) is 2. The van der Waals surface area contributed by atoms with Gasteiger partial charge < -0.3 is 24.4 Å². The Labute approximate surface area is 173 Å². The quantitative estimate of drug-likeness (QED) is 0.297. The molecule has 0 saturated carbocycles. The van der Waals surface area contributed by atoms with Crippen molar-refractivity contribution in [1.29, 1.82) is 0 Å². The van der Waals surface area contributed by atoms with Gasteiger partial charge in [0.1, 0.15) is 18.5 Å². The van der Waals surface area contributed by atoms with Crippen LogP contribution in [0, 0.1) is 0 Å². The molecule has 2 unspecified atom stereocenters. The first-order valence-corrected chi connectivity index (χ1v) is 9.31. The lowest BCUT2D eigenvalue weighted by Gasteiger charge is -2.37. The van der Waals surface area contributed by atoms with E-state index in [0.717, 1.165) is 57.4 Å². The van der Waals surface area contributed by atoms with Gasteiger partial charge in [0.05, 0.1) is 19.3 Å². The van der Waals surface area contributed by atoms with Crippen LogP contribution in [-0.4, -0.2) is 69.1 Å². The molecule has 0 amide bonds. The number of aliphatic imine (C=N–C) groups is 1. The molecule has 1 aromatic rings. The summed E-state index contributed by atoms with van der Waals surface area (Å²) in [7, 11) is 0. The molecule has 2 atom stereocenters. The molecule has 0 radical (unpaired) electrons. The highest BCUT2D eigenvalue weighted by molar-refractivity contribution is 14.0. The summed E-state index contributed by atoms with van der Waals surface area (Å²) in [6.45, 7) is 7.39. The van der Waals surface area contributed by atoms with Crippen molar-refractivity contribution < 1.29 is 14.2 Å². The minimum Gasteiger partial charge on any atom is -0.492 e. The fourth-order valence-electron chi connectivity index (χ4n) is 3.25. The Morgan fingerprint density at radius 2 is 2.04 bits per heavy atom. The number of morpholine rings is 1. The molecule has 1 aromatic carbocycles. The second kappa shape index (κ2) is 11.6. The van der Waals surface area contributed by atoms with Gasteiger partial charge in [-0.15, -0.1) is 24.0 Å². The molecule has 1 N–H and O–H groups in total. The number of ether oxygens (including phenoxy) is 3. The van der Waals surface area contributed by atoms with Crippen molar-refractivity contribution in [3.8, 4) is 5.75 Å². The highest BCUT2D eigenvalue weighted by atomic mass is 127. The van der Waals surface area contributed by atoms with E-state index in [4.69, 9.17) is 19.2 Å². The van der Waals surface area contributed by atoms with Gasteiger partial charge in [-0.2, -0.15) is 0 Å². The Balaban J connectivity index is 0.00000243. The average molecular weight is 475 g/mol. The second-order valence-corrected chi connectivity index (χ2v) is 6.30. The lowest BCUT2D eigenvalue weighted by molar-refractivity contribution is -0.0817. The average Bonchev–Trinajstić information content (AvgIpc) is 3.20. The number of halogens is 1. The van der Waals surface area contributed by atoms with Crippen LogP contribution in [0.5, 0.6) is 5.75 Å². The first-order valence-electron chi connectivity index (χ1n) is 9.31. The lowest BCUT2D eigenvalue weighted by atomic mass is 10.1. The Hall–Kier alpha value is -1.06. The van der Waals surface area contributed by atoms with E-state index in [0.29, 0.717) is 13.2 Å². The van der Waals surface area contributed by atoms with Gasteiger partial charge in [0.15, 0.2) is 5.96 Å². The number of nitrogens with one attached hydrogen (secondary N) is 1. The highest BCUT2D eigenvalue weighted by Gasteiger charge is 2.32. The third kappa shape index (κ3) is 6.28. The van der Waals surface area contributed by atoms with Crippen LogP contribution in [0.3, 0.4) is 0 Å². The summed E-state index contributed by atoms with van der Waals surface area (Å²) in [5, 5.41) is 3.39. The number of para-hydroxylation sites is 1. The van der Waals surface area contributed by atoms with Crippen molar-refractivity contribution in [2.45, 2.75) is 32.0 Å². The molecule has 2 aliphatic rings. The maximum atomic E-state index is 5.93. The van der Waals surface area contributed by atoms with Gasteiger partial charge in [-0.05, 0) is 31.9 Å². The van der Waals surface area contributed by atoms with E-state index >= 15 is 0 Å². The number of hydrogen-bond donors (Lipinski definition) is 1. The van der Waals surface area contributed by atoms with Crippen molar-refractivity contribution in [2.24, 2.45) is 4.99 Å². The van der Waals surface area contributed by atoms with Crippen LogP contribution in [0.1, 0.15) is 19.8 Å². The van der Waals surface area contributed by atoms with Crippen molar-refractivity contribution in [3.05, 3.63) is 30.3 Å². The van der Waals surface area contributed by atoms with E-state index in [-0.39, 0.29) is 36.2 Å². The van der Waals surface area contributed by atoms with E-state index in [1.807, 2.05) is 30.3 Å². The molecule has 0 bridgehead atoms. The minimum absolute atomic E-state index is 0. The van der Waals surface area contributed by atoms with Gasteiger partial charge in [0.25, 0.3) is 0 Å². The fourth-order valence-corrected chi connectivity index (χ4v) is 3.25. The van der Waals surface area contributed by atoms with E-state index in [2.05, 4.69) is 17.1 Å². The lowest BCUT2D eigenvalue weighted by Crippen LogP contribution is -2.53. The number of guanidine groups is 1. The molecule has 0 aromatic heterocycles. The summed E-state index contributed by atoms with van der Waals surface area (Å²) in [4.78, 5) is 7.00. The van der Waals surface area contributed by atoms with Crippen molar-refractivity contribution >= 4 is 29.9 Å². The van der Waals surface area contributed by atoms with Crippen molar-refractivity contribution in [2.75, 3.05) is 46.0 Å². The van der Waals surface area contributed by atoms with Gasteiger partial charge in [-0.25, -0.2) is 4.99 Å². The highest BCUT2D eigenvalue weighted by Crippen LogP contribution is 2.21. The zero-order valence-electron chi connectivity index (χ0n) is 15.4. The molecular formula is C19H30IN3O3. The molecular weight excluding hydrogens is 445 g/mol. The Bertz CT molecular complexity index is 538. The van der Waals surface area contributed by atoms with Crippen LogP contribution in [0.2, 0.25) is 0 Å². The van der Waals surface area contributed by atoms with Crippen LogP contribution in [0.4, 0.5) is 0 Å². The molecule has 2 aliphatic heterocycles. The molecule has 2 fully saturated rings. The normalized spacial score (nSPS) is 23.4. The smallest absolute Gasteiger partial charge is 0.194 e. The zero-order valence-corrected chi connectivity index (χ0v) is 17.8. The van der Waals surface area contributed by atoms with Gasteiger partial charge in [-0.1, -0.05) is 18.2 Å². The standard InChI is InChI=1S/C19H29N3O3.HI/c1-2-20-19(21-10-13-23-16-7-4-3-5-8-16)22-11-14-25-18(15-22)17-9-6-12-24-17;/h3-5,7-8,17-18H,2,6,9-15H2,1H3,(H,20,21);1H. The van der Waals surface area contributed by atoms with Crippen LogP contribution in [0.15, 0.2) is 35.3 Å². The Morgan fingerprint density at radius 3 is 2.77 bits per heavy atom. The monoisotopic (exact) mass is 475 g/mol. The summed E-state index contributed by atoms with van der Waals surface area (Å²) >= 11 is 0. The molecule has 3 rings (SSSR count). The summed E-state index contributed by atoms with van der Waals surface area (Å²) in [6, 6.07) is 9.85. The molecule has 2 heterocycles. The molecule has 7 heteroatoms. The van der Waals surface area contributed by atoms with Crippen molar-refractivity contribution in [1.82, 2.24) is 10.2 Å². The Morgan fingerprint density at radius 1 is 1.23 bits per heavy atom. The summed E-state index contributed by atoms with van der Waals surface area (Å²) in [6.07, 6.45) is 2.60. The largest absolute Gasteiger partial charge is 0.492 e. The van der Waals surface area contributed by atoms with Gasteiger partial charge in [-0.3, -0.25) is 0 Å². The van der Waals surface area contributed by atoms with Crippen LogP contribution < -0.4 is 10.1 Å². The molecule has 26 heavy (non-hydrogen) atoms. The zero-order chi connectivity index (χ0) is 17.3. The maximum absolute atomic E-state index is 5.93. The van der Waals surface area contributed by atoms with E-state index < -0.39 is 0 Å². The third-order valence-corrected chi connectivity index (χ3v) is 4.47. The number of rotatable bonds is 6. The van der Waals surface area contributed by atoms with E-state index in [1.54, 1.807) is 0 Å². The summed E-state index contributed by atoms with van der Waals surface area (Å²) < 4.78 is 17.5. The minimum atomic E-state index is 0. The predicted octanol–water partition coefficient (Wildman–Crippen LogP) is 2.53. The van der Waals surface area contributed by atoms with Crippen molar-refractivity contribution in [3.63, 3.8) is 0 Å². The van der Waals surface area contributed by atoms with Gasteiger partial charge in [0.2, 0.25) is 0 Å². The molecule has 0 spiro atoms. The fraction of sp³-hybridized carbons (Fsp3) is 0.632. The Kier molecular flexibility index (Phi) is 9.49. The topological polar surface area (TPSA) is 55.3 Å². The number of hydrogen-bond acceptors (Lipinski definition) is 4. The number of benzene rings is 1. The van der Waals surface area contributed by atoms with E-state index in [1.165, 1.54) is 0 Å². The van der Waals surface area contributed by atoms with Crippen LogP contribution in [-0.2, 0) is 9.47 Å². The van der Waals surface area contributed by atoms with Gasteiger partial charge in [0, 0.05) is 26.2 Å². The first kappa shape index (κ1) is 21.2. The SMILES string of the molecule is CCNC(=NCCOc1ccccc1)N1CCOC(C2CCCO2)C1.I. The maximum Gasteiger partial charge on any atom is 0.194 e. The predicted molar refractivity (Wildman–Crippen MR) is 114 cm³/mol. The van der Waals surface area contributed by atoms with Gasteiger partial charge >= 0.3 is 0 Å². The molecule has 2 saturated heterocycles. The third-order valence-electron chi connectivity index (χ3n) is 4.47. The second-order valence-electron chi connectivity index (χ2n) is 6.30. The molecule has 0 aliphatic carbocycles. The van der Waals surface area contributed by atoms with Crippen LogP contribution in [0.25, 0.3) is 0 Å². The summed E-state index contributed by atoms with van der Waals surface area (Å²) in [5.41, 5.74) is 0. The van der Waals surface area contributed by atoms with E-state index in [9.17, 15) is 0 Å². The summed E-state index contributed by atoms with van der Waals surface area (Å²) in [5.74, 6) is 1.82.